The third kappa shape index (κ3) is 3.59. The molecule has 0 unspecified atom stereocenters. The minimum absolute atomic E-state index is 0. The van der Waals surface area contributed by atoms with E-state index < -0.39 is 15.9 Å². The Bertz CT molecular complexity index is 693. The molecule has 0 fully saturated rings. The van der Waals surface area contributed by atoms with Crippen molar-refractivity contribution in [3.8, 4) is 0 Å². The summed E-state index contributed by atoms with van der Waals surface area (Å²) in [7, 11) is -3.69. The highest BCUT2D eigenvalue weighted by Crippen LogP contribution is 2.38. The molecule has 2 aromatic rings. The molecule has 10 heteroatoms. The molecular formula is C9H10Cl2N2O3S3. The van der Waals surface area contributed by atoms with Crippen molar-refractivity contribution in [2.75, 3.05) is 12.3 Å². The normalized spacial score (nSPS) is 11.3. The van der Waals surface area contributed by atoms with Crippen molar-refractivity contribution in [3.63, 3.8) is 0 Å². The second kappa shape index (κ2) is 6.38. The minimum Gasteiger partial charge on any atom is -0.329 e. The number of rotatable bonds is 4. The zero-order chi connectivity index (χ0) is 13.3. The third-order valence-electron chi connectivity index (χ3n) is 2.10. The first-order valence-electron chi connectivity index (χ1n) is 4.85. The fourth-order valence-corrected chi connectivity index (χ4v) is 4.71. The lowest BCUT2D eigenvalue weighted by Crippen LogP contribution is -2.34. The van der Waals surface area contributed by atoms with Crippen molar-refractivity contribution in [3.05, 3.63) is 21.3 Å². The number of carbonyl (C=O) groups excluding carboxylic acids is 1. The van der Waals surface area contributed by atoms with E-state index in [9.17, 15) is 13.2 Å². The van der Waals surface area contributed by atoms with Gasteiger partial charge in [-0.15, -0.1) is 35.1 Å². The van der Waals surface area contributed by atoms with Crippen LogP contribution in [0.2, 0.25) is 5.02 Å². The molecule has 0 spiro atoms. The maximum Gasteiger partial charge on any atom is 0.276 e. The van der Waals surface area contributed by atoms with Crippen LogP contribution in [0.4, 0.5) is 0 Å². The summed E-state index contributed by atoms with van der Waals surface area (Å²) in [5.41, 5.74) is 5.15. The Morgan fingerprint density at radius 1 is 1.47 bits per heavy atom. The van der Waals surface area contributed by atoms with Crippen molar-refractivity contribution in [1.82, 2.24) is 4.72 Å². The average Bonchev–Trinajstić information content (AvgIpc) is 2.81. The molecule has 0 aliphatic carbocycles. The number of halogens is 2. The van der Waals surface area contributed by atoms with Gasteiger partial charge in [-0.2, -0.15) is 0 Å². The predicted molar refractivity (Wildman–Crippen MR) is 82.3 cm³/mol. The number of thiophene rings is 2. The van der Waals surface area contributed by atoms with Crippen LogP contribution in [-0.2, 0) is 10.0 Å². The number of sulfonamides is 1. The molecule has 0 aliphatic heterocycles. The molecule has 1 amide bonds. The van der Waals surface area contributed by atoms with Crippen LogP contribution in [0.1, 0.15) is 9.67 Å². The molecule has 2 rings (SSSR count). The number of nitrogens with two attached hydrogens (primary N) is 1. The first-order valence-corrected chi connectivity index (χ1v) is 8.57. The van der Waals surface area contributed by atoms with E-state index in [2.05, 4.69) is 0 Å². The van der Waals surface area contributed by atoms with Gasteiger partial charge in [0.15, 0.2) is 0 Å². The number of carbonyl (C=O) groups is 1. The molecule has 0 bridgehead atoms. The largest absolute Gasteiger partial charge is 0.329 e. The lowest BCUT2D eigenvalue weighted by molar-refractivity contribution is 0.0985. The second-order valence-corrected chi connectivity index (χ2v) is 7.82. The summed E-state index contributed by atoms with van der Waals surface area (Å²) in [4.78, 5) is 12.0. The zero-order valence-electron chi connectivity index (χ0n) is 9.38. The summed E-state index contributed by atoms with van der Waals surface area (Å²) < 4.78 is 25.7. The molecule has 0 aromatic carbocycles. The van der Waals surface area contributed by atoms with Crippen LogP contribution in [-0.4, -0.2) is 26.6 Å². The molecular weight excluding hydrogens is 351 g/mol. The Kier molecular flexibility index (Phi) is 5.60. The summed E-state index contributed by atoms with van der Waals surface area (Å²) in [6.07, 6.45) is 0. The van der Waals surface area contributed by atoms with Gasteiger partial charge in [-0.1, -0.05) is 11.6 Å². The van der Waals surface area contributed by atoms with Crippen LogP contribution in [0, 0.1) is 0 Å². The van der Waals surface area contributed by atoms with Gasteiger partial charge in [0.05, 0.1) is 14.8 Å². The standard InChI is InChI=1S/C9H9ClN2O3S3.ClH/c10-6-5-1-3-16-9(5)17-7(6)8(13)12-18(14,15)4-2-11;/h1,3H,2,4,11H2,(H,12,13);1H. The van der Waals surface area contributed by atoms with Gasteiger partial charge in [-0.05, 0) is 11.4 Å². The quantitative estimate of drug-likeness (QED) is 0.872. The lowest BCUT2D eigenvalue weighted by atomic mass is 10.3. The van der Waals surface area contributed by atoms with E-state index in [1.807, 2.05) is 10.1 Å². The molecule has 2 aromatic heterocycles. The second-order valence-electron chi connectivity index (χ2n) is 3.41. The summed E-state index contributed by atoms with van der Waals surface area (Å²) in [6.45, 7) is -0.0458. The van der Waals surface area contributed by atoms with Crippen molar-refractivity contribution in [2.24, 2.45) is 5.73 Å². The molecule has 19 heavy (non-hydrogen) atoms. The lowest BCUT2D eigenvalue weighted by Gasteiger charge is -2.04. The van der Waals surface area contributed by atoms with Gasteiger partial charge in [-0.3, -0.25) is 4.79 Å². The van der Waals surface area contributed by atoms with Gasteiger partial charge in [0, 0.05) is 11.9 Å². The highest BCUT2D eigenvalue weighted by atomic mass is 35.5. The maximum atomic E-state index is 11.8. The summed E-state index contributed by atoms with van der Waals surface area (Å²) in [5, 5.41) is 2.92. The number of fused-ring (bicyclic) bond motifs is 1. The van der Waals surface area contributed by atoms with E-state index in [4.69, 9.17) is 17.3 Å². The number of nitrogens with one attached hydrogen (secondary N) is 1. The van der Waals surface area contributed by atoms with Crippen LogP contribution in [0.3, 0.4) is 0 Å². The van der Waals surface area contributed by atoms with E-state index in [0.29, 0.717) is 0 Å². The molecule has 106 valence electrons. The Labute approximate surface area is 129 Å². The molecule has 0 aliphatic rings. The third-order valence-corrected chi connectivity index (χ3v) is 6.12. The summed E-state index contributed by atoms with van der Waals surface area (Å²) in [5.74, 6) is -1.00. The fourth-order valence-electron chi connectivity index (χ4n) is 1.34. The Balaban J connectivity index is 0.00000180. The SMILES string of the molecule is Cl.NCCS(=O)(=O)NC(=O)c1sc2sccc2c1Cl. The highest BCUT2D eigenvalue weighted by molar-refractivity contribution is 7.90. The molecule has 0 saturated heterocycles. The molecule has 0 saturated carbocycles. The van der Waals surface area contributed by atoms with Crippen molar-refractivity contribution in [2.45, 2.75) is 0 Å². The Morgan fingerprint density at radius 2 is 2.16 bits per heavy atom. The number of amides is 1. The molecule has 0 radical (unpaired) electrons. The summed E-state index contributed by atoms with van der Waals surface area (Å²) >= 11 is 8.66. The zero-order valence-corrected chi connectivity index (χ0v) is 13.4. The molecule has 3 N–H and O–H groups in total. The van der Waals surface area contributed by atoms with Gasteiger partial charge in [-0.25, -0.2) is 13.1 Å². The molecule has 5 nitrogen and oxygen atoms in total. The maximum absolute atomic E-state index is 11.8. The topological polar surface area (TPSA) is 89.3 Å². The van der Waals surface area contributed by atoms with Crippen molar-refractivity contribution >= 4 is 72.0 Å². The predicted octanol–water partition coefficient (Wildman–Crippen LogP) is 2.06. The Morgan fingerprint density at radius 3 is 2.74 bits per heavy atom. The smallest absolute Gasteiger partial charge is 0.276 e. The summed E-state index contributed by atoms with van der Waals surface area (Å²) in [6, 6.07) is 1.80. The fraction of sp³-hybridized carbons (Fsp3) is 0.222. The first-order chi connectivity index (χ1) is 8.44. The van der Waals surface area contributed by atoms with E-state index in [1.54, 1.807) is 6.07 Å². The van der Waals surface area contributed by atoms with Crippen LogP contribution < -0.4 is 10.5 Å². The number of hydrogen-bond donors (Lipinski definition) is 2. The monoisotopic (exact) mass is 360 g/mol. The van der Waals surface area contributed by atoms with Crippen LogP contribution >= 0.6 is 46.7 Å². The Hall–Kier alpha value is -0.380. The van der Waals surface area contributed by atoms with E-state index in [-0.39, 0.29) is 34.6 Å². The van der Waals surface area contributed by atoms with Crippen LogP contribution in [0.25, 0.3) is 9.40 Å². The molecule has 2 heterocycles. The van der Waals surface area contributed by atoms with Gasteiger partial charge in [0.1, 0.15) is 4.88 Å². The van der Waals surface area contributed by atoms with E-state index in [0.717, 1.165) is 9.40 Å². The average molecular weight is 361 g/mol. The molecule has 0 atom stereocenters. The van der Waals surface area contributed by atoms with E-state index in [1.165, 1.54) is 22.7 Å². The van der Waals surface area contributed by atoms with Crippen LogP contribution in [0.5, 0.6) is 0 Å². The van der Waals surface area contributed by atoms with Gasteiger partial charge >= 0.3 is 0 Å². The van der Waals surface area contributed by atoms with Gasteiger partial charge in [0.2, 0.25) is 10.0 Å². The van der Waals surface area contributed by atoms with Gasteiger partial charge in [0.25, 0.3) is 5.91 Å². The van der Waals surface area contributed by atoms with Crippen molar-refractivity contribution < 1.29 is 13.2 Å². The van der Waals surface area contributed by atoms with E-state index >= 15 is 0 Å². The van der Waals surface area contributed by atoms with Crippen LogP contribution in [0.15, 0.2) is 11.4 Å². The minimum atomic E-state index is -3.69. The van der Waals surface area contributed by atoms with Gasteiger partial charge < -0.3 is 5.73 Å². The highest BCUT2D eigenvalue weighted by Gasteiger charge is 2.21. The first kappa shape index (κ1) is 16.7. The van der Waals surface area contributed by atoms with Crippen molar-refractivity contribution in [1.29, 1.82) is 0 Å². The number of hydrogen-bond acceptors (Lipinski definition) is 6.